The first-order valence-electron chi connectivity index (χ1n) is 9.30. The zero-order valence-electron chi connectivity index (χ0n) is 17.2. The summed E-state index contributed by atoms with van der Waals surface area (Å²) in [5.74, 6) is -2.35. The summed E-state index contributed by atoms with van der Waals surface area (Å²) in [6.07, 6.45) is -3.91. The number of carbonyl (C=O) groups excluding carboxylic acids is 3. The van der Waals surface area contributed by atoms with Crippen molar-refractivity contribution in [2.24, 2.45) is 0 Å². The number of ether oxygens (including phenoxy) is 2. The van der Waals surface area contributed by atoms with Crippen molar-refractivity contribution in [3.8, 4) is 0 Å². The zero-order valence-corrected chi connectivity index (χ0v) is 18.0. The second-order valence-electron chi connectivity index (χ2n) is 6.51. The highest BCUT2D eigenvalue weighted by molar-refractivity contribution is 8.00. The van der Waals surface area contributed by atoms with Crippen LogP contribution in [0.2, 0.25) is 0 Å². The lowest BCUT2D eigenvalue weighted by atomic mass is 9.80. The van der Waals surface area contributed by atoms with E-state index in [2.05, 4.69) is 5.32 Å². The molecule has 1 heterocycles. The van der Waals surface area contributed by atoms with E-state index < -0.39 is 29.6 Å². The Morgan fingerprint density at radius 1 is 1.23 bits per heavy atom. The third-order valence-electron chi connectivity index (χ3n) is 4.53. The summed E-state index contributed by atoms with van der Waals surface area (Å²) in [7, 11) is 1.15. The molecule has 0 aromatic heterocycles. The number of hydrogen-bond acceptors (Lipinski definition) is 7. The fourth-order valence-electron chi connectivity index (χ4n) is 3.28. The van der Waals surface area contributed by atoms with Gasteiger partial charge in [0.25, 0.3) is 0 Å². The molecule has 1 aliphatic rings. The summed E-state index contributed by atoms with van der Waals surface area (Å²) < 4.78 is 50.0. The maximum Gasteiger partial charge on any atom is 0.416 e. The summed E-state index contributed by atoms with van der Waals surface area (Å²) in [4.78, 5) is 36.1. The van der Waals surface area contributed by atoms with Crippen molar-refractivity contribution in [3.05, 3.63) is 57.9 Å². The number of carbonyl (C=O) groups is 3. The predicted octanol–water partition coefficient (Wildman–Crippen LogP) is 3.59. The van der Waals surface area contributed by atoms with Crippen LogP contribution in [0.5, 0.6) is 0 Å². The summed E-state index contributed by atoms with van der Waals surface area (Å²) in [6.45, 7) is 3.19. The van der Waals surface area contributed by atoms with Crippen LogP contribution < -0.4 is 5.32 Å². The van der Waals surface area contributed by atoms with Crippen molar-refractivity contribution in [1.29, 1.82) is 0 Å². The quantitative estimate of drug-likeness (QED) is 0.363. The van der Waals surface area contributed by atoms with Gasteiger partial charge in [-0.05, 0) is 25.5 Å². The van der Waals surface area contributed by atoms with Crippen molar-refractivity contribution in [2.75, 3.05) is 25.2 Å². The molecule has 1 aromatic rings. The number of hydrogen-bond donors (Lipinski definition) is 1. The first kappa shape index (κ1) is 24.5. The van der Waals surface area contributed by atoms with Crippen LogP contribution >= 0.6 is 11.8 Å². The van der Waals surface area contributed by atoms with Crippen LogP contribution in [0.15, 0.2) is 46.8 Å². The number of alkyl halides is 3. The van der Waals surface area contributed by atoms with Gasteiger partial charge in [-0.1, -0.05) is 18.2 Å². The molecule has 0 radical (unpaired) electrons. The minimum Gasteiger partial charge on any atom is -0.466 e. The minimum absolute atomic E-state index is 0.00516. The van der Waals surface area contributed by atoms with Crippen LogP contribution in [0.1, 0.15) is 30.9 Å². The summed E-state index contributed by atoms with van der Waals surface area (Å²) in [5, 5.41) is 2.97. The molecule has 1 N–H and O–H groups in total. The number of methoxy groups -OCH3 is 1. The van der Waals surface area contributed by atoms with E-state index in [1.165, 1.54) is 23.9 Å². The van der Waals surface area contributed by atoms with Crippen molar-refractivity contribution in [3.63, 3.8) is 0 Å². The Labute approximate surface area is 181 Å². The SMILES string of the molecule is CCOC(=O)C1=C(CSCC=O)NC(C)=C(C(=O)OC)C1c1cccc(C(F)(F)F)c1. The highest BCUT2D eigenvalue weighted by atomic mass is 32.2. The number of rotatable bonds is 8. The van der Waals surface area contributed by atoms with Crippen LogP contribution in [-0.2, 0) is 30.0 Å². The highest BCUT2D eigenvalue weighted by Crippen LogP contribution is 2.41. The number of allylic oxidation sites excluding steroid dienone is 1. The first-order chi connectivity index (χ1) is 14.6. The number of aldehydes is 1. The van der Waals surface area contributed by atoms with Crippen LogP contribution in [0.25, 0.3) is 0 Å². The van der Waals surface area contributed by atoms with Gasteiger partial charge in [0, 0.05) is 22.9 Å². The lowest BCUT2D eigenvalue weighted by Crippen LogP contribution is -2.34. The molecule has 1 aromatic carbocycles. The van der Waals surface area contributed by atoms with E-state index in [0.29, 0.717) is 17.7 Å². The average molecular weight is 457 g/mol. The molecule has 10 heteroatoms. The van der Waals surface area contributed by atoms with E-state index in [1.807, 2.05) is 0 Å². The Bertz CT molecular complexity index is 924. The smallest absolute Gasteiger partial charge is 0.416 e. The molecule has 0 saturated heterocycles. The molecule has 1 atom stereocenters. The van der Waals surface area contributed by atoms with Crippen LogP contribution in [-0.4, -0.2) is 43.4 Å². The van der Waals surface area contributed by atoms with Gasteiger partial charge in [-0.3, -0.25) is 0 Å². The Hall–Kier alpha value is -2.75. The number of nitrogens with one attached hydrogen (secondary N) is 1. The van der Waals surface area contributed by atoms with Crippen LogP contribution in [0.4, 0.5) is 13.2 Å². The van der Waals surface area contributed by atoms with E-state index in [-0.39, 0.29) is 34.8 Å². The molecule has 0 aliphatic carbocycles. The maximum atomic E-state index is 13.3. The third-order valence-corrected chi connectivity index (χ3v) is 5.39. The lowest BCUT2D eigenvalue weighted by Gasteiger charge is -2.31. The Kier molecular flexibility index (Phi) is 8.32. The number of dihydropyridines is 1. The molecule has 0 bridgehead atoms. The molecule has 0 saturated carbocycles. The summed E-state index contributed by atoms with van der Waals surface area (Å²) >= 11 is 1.21. The molecule has 6 nitrogen and oxygen atoms in total. The van der Waals surface area contributed by atoms with E-state index in [1.54, 1.807) is 13.8 Å². The average Bonchev–Trinajstić information content (AvgIpc) is 2.72. The summed E-state index contributed by atoms with van der Waals surface area (Å²) in [6, 6.07) is 4.44. The van der Waals surface area contributed by atoms with Crippen molar-refractivity contribution in [2.45, 2.75) is 25.9 Å². The fourth-order valence-corrected chi connectivity index (χ4v) is 3.92. The van der Waals surface area contributed by atoms with Gasteiger partial charge >= 0.3 is 18.1 Å². The Morgan fingerprint density at radius 2 is 1.94 bits per heavy atom. The van der Waals surface area contributed by atoms with Gasteiger partial charge in [-0.15, -0.1) is 11.8 Å². The standard InChI is InChI=1S/C21H22F3NO5S/c1-4-30-20(28)18-15(11-31-9-8-26)25-12(2)16(19(27)29-3)17(18)13-6-5-7-14(10-13)21(22,23)24/h5-8,10,17,25H,4,9,11H2,1-3H3. The third kappa shape index (κ3) is 5.69. The monoisotopic (exact) mass is 457 g/mol. The van der Waals surface area contributed by atoms with E-state index in [9.17, 15) is 27.6 Å². The van der Waals surface area contributed by atoms with Gasteiger partial charge in [0.1, 0.15) is 6.29 Å². The largest absolute Gasteiger partial charge is 0.466 e. The van der Waals surface area contributed by atoms with Crippen molar-refractivity contribution < 1.29 is 37.0 Å². The van der Waals surface area contributed by atoms with Crippen molar-refractivity contribution >= 4 is 30.0 Å². The topological polar surface area (TPSA) is 81.7 Å². The minimum atomic E-state index is -4.61. The van der Waals surface area contributed by atoms with Gasteiger partial charge in [0.2, 0.25) is 0 Å². The van der Waals surface area contributed by atoms with Gasteiger partial charge < -0.3 is 19.6 Å². The van der Waals surface area contributed by atoms with Crippen molar-refractivity contribution in [1.82, 2.24) is 5.32 Å². The second-order valence-corrected chi connectivity index (χ2v) is 7.54. The normalized spacial score (nSPS) is 16.6. The Balaban J connectivity index is 2.74. The number of thioether (sulfide) groups is 1. The molecule has 2 rings (SSSR count). The first-order valence-corrected chi connectivity index (χ1v) is 10.5. The molecule has 0 amide bonds. The maximum absolute atomic E-state index is 13.3. The second kappa shape index (κ2) is 10.5. The van der Waals surface area contributed by atoms with E-state index in [0.717, 1.165) is 19.2 Å². The molecule has 1 aliphatic heterocycles. The number of benzene rings is 1. The van der Waals surface area contributed by atoms with Gasteiger partial charge in [-0.2, -0.15) is 13.2 Å². The molecule has 0 fully saturated rings. The highest BCUT2D eigenvalue weighted by Gasteiger charge is 2.40. The van der Waals surface area contributed by atoms with Gasteiger partial charge in [-0.25, -0.2) is 9.59 Å². The van der Waals surface area contributed by atoms with Crippen LogP contribution in [0.3, 0.4) is 0 Å². The van der Waals surface area contributed by atoms with Crippen LogP contribution in [0, 0.1) is 0 Å². The predicted molar refractivity (Wildman–Crippen MR) is 109 cm³/mol. The fraction of sp³-hybridized carbons (Fsp3) is 0.381. The van der Waals surface area contributed by atoms with Gasteiger partial charge in [0.15, 0.2) is 0 Å². The molecule has 168 valence electrons. The molecular weight excluding hydrogens is 435 g/mol. The van der Waals surface area contributed by atoms with E-state index in [4.69, 9.17) is 9.47 Å². The Morgan fingerprint density at radius 3 is 2.52 bits per heavy atom. The molecule has 31 heavy (non-hydrogen) atoms. The lowest BCUT2D eigenvalue weighted by molar-refractivity contribution is -0.139. The molecule has 0 spiro atoms. The zero-order chi connectivity index (χ0) is 23.2. The number of halogens is 3. The molecular formula is C21H22F3NO5S. The molecule has 1 unspecified atom stereocenters. The van der Waals surface area contributed by atoms with Gasteiger partial charge in [0.05, 0.1) is 36.3 Å². The number of esters is 2. The summed E-state index contributed by atoms with van der Waals surface area (Å²) in [5.41, 5.74) is -0.107. The van der Waals surface area contributed by atoms with E-state index >= 15 is 0 Å².